The van der Waals surface area contributed by atoms with Gasteiger partial charge in [0.25, 0.3) is 0 Å². The van der Waals surface area contributed by atoms with E-state index >= 15 is 0 Å². The molecule has 1 rings (SSSR count). The number of hydrogen-bond acceptors (Lipinski definition) is 2. The molecule has 0 aliphatic rings. The number of hydrogen-bond donors (Lipinski definition) is 2. The lowest BCUT2D eigenvalue weighted by molar-refractivity contribution is -0.123. The molecule has 0 aromatic heterocycles. The van der Waals surface area contributed by atoms with Crippen LogP contribution in [0.1, 0.15) is 39.3 Å². The van der Waals surface area contributed by atoms with Crippen LogP contribution in [0.5, 0.6) is 0 Å². The highest BCUT2D eigenvalue weighted by molar-refractivity contribution is 5.81. The molecule has 0 aliphatic carbocycles. The minimum atomic E-state index is -0.622. The second kappa shape index (κ2) is 6.61. The molecule has 0 spiro atoms. The Balaban J connectivity index is 2.68. The summed E-state index contributed by atoms with van der Waals surface area (Å²) in [4.78, 5) is 11.7. The van der Waals surface area contributed by atoms with Gasteiger partial charge < -0.3 is 5.32 Å². The standard InChI is InChI=1S/C14H20F2N2O/c1-8(2)17-14(19)10(4)18-9(3)11-5-12(15)7-13(16)6-11/h5-10,18H,1-4H3,(H,17,19). The van der Waals surface area contributed by atoms with Gasteiger partial charge in [-0.1, -0.05) is 0 Å². The summed E-state index contributed by atoms with van der Waals surface area (Å²) in [5, 5.41) is 5.78. The Hall–Kier alpha value is -1.49. The van der Waals surface area contributed by atoms with E-state index in [0.717, 1.165) is 6.07 Å². The lowest BCUT2D eigenvalue weighted by Gasteiger charge is -2.21. The Kier molecular flexibility index (Phi) is 5.42. The van der Waals surface area contributed by atoms with Gasteiger partial charge in [0.2, 0.25) is 5.91 Å². The molecule has 0 fully saturated rings. The van der Waals surface area contributed by atoms with Crippen LogP contribution in [-0.2, 0) is 4.79 Å². The van der Waals surface area contributed by atoms with Gasteiger partial charge >= 0.3 is 0 Å². The quantitative estimate of drug-likeness (QED) is 0.863. The number of carbonyl (C=O) groups excluding carboxylic acids is 1. The SMILES string of the molecule is CC(C)NC(=O)C(C)NC(C)c1cc(F)cc(F)c1. The molecule has 1 amide bonds. The monoisotopic (exact) mass is 270 g/mol. The summed E-state index contributed by atoms with van der Waals surface area (Å²) < 4.78 is 26.2. The van der Waals surface area contributed by atoms with Gasteiger partial charge in [0.15, 0.2) is 0 Å². The third-order valence-corrected chi connectivity index (χ3v) is 2.71. The maximum atomic E-state index is 13.1. The topological polar surface area (TPSA) is 41.1 Å². The van der Waals surface area contributed by atoms with Gasteiger partial charge in [-0.3, -0.25) is 10.1 Å². The number of carbonyl (C=O) groups is 1. The van der Waals surface area contributed by atoms with Gasteiger partial charge in [-0.25, -0.2) is 8.78 Å². The van der Waals surface area contributed by atoms with Gasteiger partial charge in [0, 0.05) is 18.2 Å². The number of halogens is 2. The molecule has 1 aromatic carbocycles. The number of rotatable bonds is 5. The van der Waals surface area contributed by atoms with Gasteiger partial charge in [0.05, 0.1) is 6.04 Å². The molecule has 0 saturated carbocycles. The van der Waals surface area contributed by atoms with Gasteiger partial charge in [-0.15, -0.1) is 0 Å². The van der Waals surface area contributed by atoms with Crippen molar-refractivity contribution in [3.8, 4) is 0 Å². The Morgan fingerprint density at radius 1 is 1.05 bits per heavy atom. The maximum absolute atomic E-state index is 13.1. The third-order valence-electron chi connectivity index (χ3n) is 2.71. The predicted molar refractivity (Wildman–Crippen MR) is 70.6 cm³/mol. The predicted octanol–water partition coefficient (Wildman–Crippen LogP) is 2.53. The highest BCUT2D eigenvalue weighted by Gasteiger charge is 2.17. The lowest BCUT2D eigenvalue weighted by atomic mass is 10.1. The smallest absolute Gasteiger partial charge is 0.237 e. The van der Waals surface area contributed by atoms with E-state index in [4.69, 9.17) is 0 Å². The molecule has 0 saturated heterocycles. The van der Waals surface area contributed by atoms with Crippen LogP contribution in [0.15, 0.2) is 18.2 Å². The third kappa shape index (κ3) is 4.95. The molecule has 106 valence electrons. The number of nitrogens with one attached hydrogen (secondary N) is 2. The molecule has 0 heterocycles. The second-order valence-corrected chi connectivity index (χ2v) is 4.98. The lowest BCUT2D eigenvalue weighted by Crippen LogP contribution is -2.45. The van der Waals surface area contributed by atoms with Gasteiger partial charge in [-0.2, -0.15) is 0 Å². The van der Waals surface area contributed by atoms with Crippen molar-refractivity contribution in [3.05, 3.63) is 35.4 Å². The van der Waals surface area contributed by atoms with Crippen molar-refractivity contribution in [1.82, 2.24) is 10.6 Å². The van der Waals surface area contributed by atoms with E-state index in [1.54, 1.807) is 13.8 Å². The van der Waals surface area contributed by atoms with Crippen molar-refractivity contribution >= 4 is 5.91 Å². The summed E-state index contributed by atoms with van der Waals surface area (Å²) in [6.07, 6.45) is 0. The summed E-state index contributed by atoms with van der Waals surface area (Å²) in [6, 6.07) is 2.63. The first kappa shape index (κ1) is 15.6. The van der Waals surface area contributed by atoms with Crippen LogP contribution < -0.4 is 10.6 Å². The molecule has 2 unspecified atom stereocenters. The van der Waals surface area contributed by atoms with Gasteiger partial charge in [0.1, 0.15) is 11.6 Å². The zero-order chi connectivity index (χ0) is 14.6. The van der Waals surface area contributed by atoms with Crippen LogP contribution >= 0.6 is 0 Å². The minimum Gasteiger partial charge on any atom is -0.353 e. The van der Waals surface area contributed by atoms with E-state index in [-0.39, 0.29) is 18.0 Å². The highest BCUT2D eigenvalue weighted by Crippen LogP contribution is 2.16. The molecule has 5 heteroatoms. The first-order valence-electron chi connectivity index (χ1n) is 6.32. The minimum absolute atomic E-state index is 0.0543. The number of benzene rings is 1. The summed E-state index contributed by atoms with van der Waals surface area (Å²) in [7, 11) is 0. The zero-order valence-corrected chi connectivity index (χ0v) is 11.6. The molecular weight excluding hydrogens is 250 g/mol. The Labute approximate surface area is 112 Å². The second-order valence-electron chi connectivity index (χ2n) is 4.98. The zero-order valence-electron chi connectivity index (χ0n) is 11.6. The van der Waals surface area contributed by atoms with E-state index < -0.39 is 17.7 Å². The summed E-state index contributed by atoms with van der Waals surface area (Å²) in [5.74, 6) is -1.38. The van der Waals surface area contributed by atoms with Crippen LogP contribution in [0, 0.1) is 11.6 Å². The van der Waals surface area contributed by atoms with Crippen molar-refractivity contribution in [1.29, 1.82) is 0 Å². The average Bonchev–Trinajstić information content (AvgIpc) is 2.26. The first-order chi connectivity index (χ1) is 8.79. The van der Waals surface area contributed by atoms with E-state index in [1.165, 1.54) is 12.1 Å². The van der Waals surface area contributed by atoms with E-state index in [1.807, 2.05) is 13.8 Å². The average molecular weight is 270 g/mol. The van der Waals surface area contributed by atoms with Crippen LogP contribution in [0.25, 0.3) is 0 Å². The van der Waals surface area contributed by atoms with E-state index in [0.29, 0.717) is 5.56 Å². The Morgan fingerprint density at radius 2 is 1.58 bits per heavy atom. The molecule has 19 heavy (non-hydrogen) atoms. The van der Waals surface area contributed by atoms with Crippen molar-refractivity contribution in [2.45, 2.75) is 45.8 Å². The van der Waals surface area contributed by atoms with Gasteiger partial charge in [-0.05, 0) is 45.4 Å². The number of amides is 1. The van der Waals surface area contributed by atoms with Crippen molar-refractivity contribution in [2.24, 2.45) is 0 Å². The van der Waals surface area contributed by atoms with E-state index in [9.17, 15) is 13.6 Å². The van der Waals surface area contributed by atoms with E-state index in [2.05, 4.69) is 10.6 Å². The summed E-state index contributed by atoms with van der Waals surface area (Å²) in [6.45, 7) is 7.21. The fourth-order valence-electron chi connectivity index (χ4n) is 1.78. The molecule has 0 aliphatic heterocycles. The fraction of sp³-hybridized carbons (Fsp3) is 0.500. The maximum Gasteiger partial charge on any atom is 0.237 e. The highest BCUT2D eigenvalue weighted by atomic mass is 19.1. The summed E-state index contributed by atoms with van der Waals surface area (Å²) in [5.41, 5.74) is 0.474. The molecule has 1 aromatic rings. The Bertz CT molecular complexity index is 429. The van der Waals surface area contributed by atoms with Crippen LogP contribution in [0.4, 0.5) is 8.78 Å². The molecule has 0 bridgehead atoms. The van der Waals surface area contributed by atoms with Crippen LogP contribution in [0.2, 0.25) is 0 Å². The largest absolute Gasteiger partial charge is 0.353 e. The molecule has 0 radical (unpaired) electrons. The normalized spacial score (nSPS) is 14.3. The molecule has 2 atom stereocenters. The summed E-state index contributed by atoms with van der Waals surface area (Å²) >= 11 is 0. The molecular formula is C14H20F2N2O. The Morgan fingerprint density at radius 3 is 2.05 bits per heavy atom. The fourth-order valence-corrected chi connectivity index (χ4v) is 1.78. The van der Waals surface area contributed by atoms with Crippen LogP contribution in [0.3, 0.4) is 0 Å². The van der Waals surface area contributed by atoms with Crippen molar-refractivity contribution < 1.29 is 13.6 Å². The van der Waals surface area contributed by atoms with Crippen molar-refractivity contribution in [3.63, 3.8) is 0 Å². The molecule has 2 N–H and O–H groups in total. The first-order valence-corrected chi connectivity index (χ1v) is 6.32. The van der Waals surface area contributed by atoms with Crippen molar-refractivity contribution in [2.75, 3.05) is 0 Å². The van der Waals surface area contributed by atoms with Crippen LogP contribution in [-0.4, -0.2) is 18.0 Å². The molecule has 3 nitrogen and oxygen atoms in total.